The molecule has 106 valence electrons. The molecule has 0 bridgehead atoms. The number of nitrogens with zero attached hydrogens (tertiary/aromatic N) is 4. The zero-order valence-electron chi connectivity index (χ0n) is 11.6. The van der Waals surface area contributed by atoms with E-state index in [1.807, 2.05) is 11.8 Å². The lowest BCUT2D eigenvalue weighted by Gasteiger charge is -2.33. The van der Waals surface area contributed by atoms with Gasteiger partial charge in [-0.2, -0.15) is 0 Å². The summed E-state index contributed by atoms with van der Waals surface area (Å²) in [6, 6.07) is 0. The summed E-state index contributed by atoms with van der Waals surface area (Å²) in [7, 11) is 0. The molecule has 0 unspecified atom stereocenters. The maximum Gasteiger partial charge on any atom is 0.284 e. The number of hydrogen-bond donors (Lipinski definition) is 1. The zero-order valence-corrected chi connectivity index (χ0v) is 12.4. The van der Waals surface area contributed by atoms with Gasteiger partial charge >= 0.3 is 0 Å². The number of carbonyl (C=O) groups is 1. The van der Waals surface area contributed by atoms with E-state index < -0.39 is 0 Å². The number of piperazine rings is 1. The van der Waals surface area contributed by atoms with Crippen LogP contribution >= 0.6 is 11.3 Å². The van der Waals surface area contributed by atoms with E-state index in [-0.39, 0.29) is 5.91 Å². The lowest BCUT2D eigenvalue weighted by molar-refractivity contribution is 0.0636. The molecule has 0 atom stereocenters. The maximum atomic E-state index is 12.3. The highest BCUT2D eigenvalue weighted by atomic mass is 32.1. The Bertz CT molecular complexity index is 414. The molecule has 6 nitrogen and oxygen atoms in total. The van der Waals surface area contributed by atoms with Gasteiger partial charge in [0.2, 0.25) is 10.1 Å². The third-order valence-corrected chi connectivity index (χ3v) is 4.00. The van der Waals surface area contributed by atoms with Crippen LogP contribution in [0, 0.1) is 0 Å². The summed E-state index contributed by atoms with van der Waals surface area (Å²) in [6.45, 7) is 9.57. The summed E-state index contributed by atoms with van der Waals surface area (Å²) in [5.74, 6) is 0.0119. The highest BCUT2D eigenvalue weighted by Crippen LogP contribution is 2.17. The Kier molecular flexibility index (Phi) is 5.09. The highest BCUT2D eigenvalue weighted by Gasteiger charge is 2.24. The molecular weight excluding hydrogens is 262 g/mol. The van der Waals surface area contributed by atoms with Crippen molar-refractivity contribution in [1.29, 1.82) is 0 Å². The third-order valence-electron chi connectivity index (χ3n) is 3.14. The Morgan fingerprint density at radius 1 is 1.26 bits per heavy atom. The van der Waals surface area contributed by atoms with E-state index in [0.717, 1.165) is 50.8 Å². The summed E-state index contributed by atoms with van der Waals surface area (Å²) in [6.07, 6.45) is 1.16. The molecule has 1 aromatic rings. The molecule has 1 aliphatic rings. The van der Waals surface area contributed by atoms with Crippen LogP contribution in [0.25, 0.3) is 0 Å². The van der Waals surface area contributed by atoms with Crippen molar-refractivity contribution >= 4 is 22.4 Å². The van der Waals surface area contributed by atoms with Crippen molar-refractivity contribution in [3.63, 3.8) is 0 Å². The summed E-state index contributed by atoms with van der Waals surface area (Å²) < 4.78 is 0. The average Bonchev–Trinajstić information content (AvgIpc) is 2.88. The normalized spacial score (nSPS) is 16.6. The molecule has 2 rings (SSSR count). The number of amides is 1. The second kappa shape index (κ2) is 6.81. The molecule has 7 heteroatoms. The molecule has 19 heavy (non-hydrogen) atoms. The summed E-state index contributed by atoms with van der Waals surface area (Å²) >= 11 is 1.33. The van der Waals surface area contributed by atoms with Gasteiger partial charge in [0.15, 0.2) is 0 Å². The number of carbonyl (C=O) groups excluding carboxylic acids is 1. The zero-order chi connectivity index (χ0) is 13.7. The molecular formula is C12H21N5OS. The topological polar surface area (TPSA) is 61.4 Å². The van der Waals surface area contributed by atoms with E-state index in [1.165, 1.54) is 11.3 Å². The molecule has 2 heterocycles. The fraction of sp³-hybridized carbons (Fsp3) is 0.750. The minimum atomic E-state index is 0.0119. The first kappa shape index (κ1) is 14.2. The van der Waals surface area contributed by atoms with Crippen LogP contribution in [0.3, 0.4) is 0 Å². The Hall–Kier alpha value is -1.21. The summed E-state index contributed by atoms with van der Waals surface area (Å²) in [5, 5.41) is 12.2. The van der Waals surface area contributed by atoms with Crippen molar-refractivity contribution in [3.05, 3.63) is 5.01 Å². The smallest absolute Gasteiger partial charge is 0.284 e. The molecule has 0 aromatic carbocycles. The maximum absolute atomic E-state index is 12.3. The van der Waals surface area contributed by atoms with Gasteiger partial charge in [0.25, 0.3) is 5.91 Å². The van der Waals surface area contributed by atoms with E-state index in [2.05, 4.69) is 27.3 Å². The van der Waals surface area contributed by atoms with Gasteiger partial charge < -0.3 is 10.2 Å². The van der Waals surface area contributed by atoms with Crippen molar-refractivity contribution < 1.29 is 4.79 Å². The van der Waals surface area contributed by atoms with E-state index in [0.29, 0.717) is 5.01 Å². The molecule has 0 saturated carbocycles. The minimum absolute atomic E-state index is 0.0119. The fourth-order valence-electron chi connectivity index (χ4n) is 2.16. The van der Waals surface area contributed by atoms with Gasteiger partial charge in [-0.05, 0) is 19.9 Å². The fourth-order valence-corrected chi connectivity index (χ4v) is 2.94. The predicted molar refractivity (Wildman–Crippen MR) is 76.7 cm³/mol. The first-order valence-electron chi connectivity index (χ1n) is 6.83. The number of nitrogens with one attached hydrogen (secondary N) is 1. The Morgan fingerprint density at radius 2 is 2.00 bits per heavy atom. The molecule has 1 aliphatic heterocycles. The number of aromatic nitrogens is 2. The van der Waals surface area contributed by atoms with Gasteiger partial charge in [-0.1, -0.05) is 18.3 Å². The largest absolute Gasteiger partial charge is 0.360 e. The van der Waals surface area contributed by atoms with Crippen molar-refractivity contribution in [2.24, 2.45) is 0 Å². The van der Waals surface area contributed by atoms with Crippen LogP contribution in [0.1, 0.15) is 30.1 Å². The number of rotatable bonds is 5. The lowest BCUT2D eigenvalue weighted by atomic mass is 10.3. The second-order valence-corrected chi connectivity index (χ2v) is 5.55. The first-order valence-corrected chi connectivity index (χ1v) is 7.65. The van der Waals surface area contributed by atoms with E-state index >= 15 is 0 Å². The SMILES string of the molecule is CCCN1CCN(C(=O)c2nnc(NCC)s2)CC1. The van der Waals surface area contributed by atoms with Crippen LogP contribution in [0.4, 0.5) is 5.13 Å². The molecule has 0 radical (unpaired) electrons. The Labute approximate surface area is 117 Å². The molecule has 1 aromatic heterocycles. The minimum Gasteiger partial charge on any atom is -0.360 e. The van der Waals surface area contributed by atoms with E-state index in [4.69, 9.17) is 0 Å². The molecule has 0 aliphatic carbocycles. The standard InChI is InChI=1S/C12H21N5OS/c1-3-5-16-6-8-17(9-7-16)11(18)10-14-15-12(19-10)13-4-2/h3-9H2,1-2H3,(H,13,15). The lowest BCUT2D eigenvalue weighted by Crippen LogP contribution is -2.48. The number of hydrogen-bond acceptors (Lipinski definition) is 6. The van der Waals surface area contributed by atoms with Crippen LogP contribution in [0.15, 0.2) is 0 Å². The van der Waals surface area contributed by atoms with Crippen molar-refractivity contribution in [1.82, 2.24) is 20.0 Å². The predicted octanol–water partition coefficient (Wildman–Crippen LogP) is 1.14. The molecule has 0 spiro atoms. The summed E-state index contributed by atoms with van der Waals surface area (Å²) in [4.78, 5) is 16.5. The quantitative estimate of drug-likeness (QED) is 0.878. The Balaban J connectivity index is 1.89. The van der Waals surface area contributed by atoms with Gasteiger partial charge in [0.1, 0.15) is 0 Å². The highest BCUT2D eigenvalue weighted by molar-refractivity contribution is 7.17. The van der Waals surface area contributed by atoms with Gasteiger partial charge in [-0.3, -0.25) is 9.69 Å². The number of anilines is 1. The van der Waals surface area contributed by atoms with Crippen LogP contribution in [0.5, 0.6) is 0 Å². The van der Waals surface area contributed by atoms with Crippen molar-refractivity contribution in [2.45, 2.75) is 20.3 Å². The Morgan fingerprint density at radius 3 is 2.63 bits per heavy atom. The van der Waals surface area contributed by atoms with Crippen LogP contribution in [0.2, 0.25) is 0 Å². The molecule has 1 amide bonds. The van der Waals surface area contributed by atoms with Crippen LogP contribution < -0.4 is 5.32 Å². The van der Waals surface area contributed by atoms with E-state index in [9.17, 15) is 4.79 Å². The van der Waals surface area contributed by atoms with Crippen molar-refractivity contribution in [2.75, 3.05) is 44.6 Å². The monoisotopic (exact) mass is 283 g/mol. The van der Waals surface area contributed by atoms with Gasteiger partial charge in [0.05, 0.1) is 0 Å². The third kappa shape index (κ3) is 3.63. The molecule has 1 N–H and O–H groups in total. The first-order chi connectivity index (χ1) is 9.24. The van der Waals surface area contributed by atoms with Crippen LogP contribution in [-0.2, 0) is 0 Å². The molecule has 1 saturated heterocycles. The van der Waals surface area contributed by atoms with Gasteiger partial charge in [0, 0.05) is 32.7 Å². The molecule has 1 fully saturated rings. The van der Waals surface area contributed by atoms with E-state index in [1.54, 1.807) is 0 Å². The summed E-state index contributed by atoms with van der Waals surface area (Å²) in [5.41, 5.74) is 0. The second-order valence-electron chi connectivity index (χ2n) is 4.58. The van der Waals surface area contributed by atoms with Gasteiger partial charge in [-0.15, -0.1) is 10.2 Å². The average molecular weight is 283 g/mol. The van der Waals surface area contributed by atoms with Crippen LogP contribution in [-0.4, -0.2) is 65.2 Å². The van der Waals surface area contributed by atoms with Gasteiger partial charge in [-0.25, -0.2) is 0 Å². The van der Waals surface area contributed by atoms with Crippen molar-refractivity contribution in [3.8, 4) is 0 Å².